The van der Waals surface area contributed by atoms with Crippen LogP contribution in [-0.2, 0) is 33.7 Å². The Bertz CT molecular complexity index is 846. The third-order valence-electron chi connectivity index (χ3n) is 4.80. The lowest BCUT2D eigenvalue weighted by atomic mass is 10.1. The van der Waals surface area contributed by atoms with E-state index >= 15 is 0 Å². The summed E-state index contributed by atoms with van der Waals surface area (Å²) in [6, 6.07) is 5.99. The summed E-state index contributed by atoms with van der Waals surface area (Å²) < 4.78 is 18.4. The van der Waals surface area contributed by atoms with Gasteiger partial charge in [0.15, 0.2) is 5.13 Å². The van der Waals surface area contributed by atoms with E-state index in [4.69, 9.17) is 4.74 Å². The predicted molar refractivity (Wildman–Crippen MR) is 98.9 cm³/mol. The molecule has 27 heavy (non-hydrogen) atoms. The van der Waals surface area contributed by atoms with Gasteiger partial charge in [0, 0.05) is 24.4 Å². The van der Waals surface area contributed by atoms with Gasteiger partial charge in [0.1, 0.15) is 11.9 Å². The maximum absolute atomic E-state index is 13.0. The highest BCUT2D eigenvalue weighted by molar-refractivity contribution is 7.15. The molecule has 0 spiro atoms. The molecule has 1 atom stereocenters. The summed E-state index contributed by atoms with van der Waals surface area (Å²) in [5.74, 6) is -0.454. The first-order valence-corrected chi connectivity index (χ1v) is 9.83. The molecule has 0 radical (unpaired) electrons. The molecule has 2 aliphatic heterocycles. The quantitative estimate of drug-likeness (QED) is 0.872. The zero-order valence-corrected chi connectivity index (χ0v) is 15.6. The number of carbonyl (C=O) groups excluding carboxylic acids is 2. The van der Waals surface area contributed by atoms with Gasteiger partial charge in [0.2, 0.25) is 5.91 Å². The first kappa shape index (κ1) is 18.1. The Morgan fingerprint density at radius 1 is 1.33 bits per heavy atom. The van der Waals surface area contributed by atoms with Crippen LogP contribution in [0.25, 0.3) is 0 Å². The van der Waals surface area contributed by atoms with Gasteiger partial charge in [-0.25, -0.2) is 9.37 Å². The minimum atomic E-state index is -0.389. The lowest BCUT2D eigenvalue weighted by molar-refractivity contribution is -0.131. The lowest BCUT2D eigenvalue weighted by Crippen LogP contribution is -2.36. The van der Waals surface area contributed by atoms with E-state index in [1.54, 1.807) is 17.0 Å². The number of nitrogens with zero attached hydrogens (tertiary/aromatic N) is 2. The molecule has 0 bridgehead atoms. The van der Waals surface area contributed by atoms with Crippen LogP contribution < -0.4 is 5.32 Å². The number of halogens is 1. The molecule has 0 aliphatic carbocycles. The second-order valence-corrected chi connectivity index (χ2v) is 7.83. The number of aromatic nitrogens is 1. The molecule has 4 rings (SSSR count). The topological polar surface area (TPSA) is 71.5 Å². The monoisotopic (exact) mass is 389 g/mol. The summed E-state index contributed by atoms with van der Waals surface area (Å²) in [4.78, 5) is 32.0. The smallest absolute Gasteiger partial charge is 0.255 e. The summed E-state index contributed by atoms with van der Waals surface area (Å²) in [5, 5.41) is 3.40. The van der Waals surface area contributed by atoms with Crippen LogP contribution in [0.2, 0.25) is 0 Å². The summed E-state index contributed by atoms with van der Waals surface area (Å²) in [5.41, 5.74) is 1.73. The minimum Gasteiger partial charge on any atom is -0.368 e. The van der Waals surface area contributed by atoms with Crippen molar-refractivity contribution in [3.05, 3.63) is 46.2 Å². The average molecular weight is 389 g/mol. The fraction of sp³-hybridized carbons (Fsp3) is 0.421. The number of hydrogen-bond acceptors (Lipinski definition) is 5. The fourth-order valence-electron chi connectivity index (χ4n) is 3.32. The minimum absolute atomic E-state index is 0.00518. The van der Waals surface area contributed by atoms with Crippen molar-refractivity contribution in [3.63, 3.8) is 0 Å². The van der Waals surface area contributed by atoms with Crippen molar-refractivity contribution in [2.45, 2.75) is 38.3 Å². The predicted octanol–water partition coefficient (Wildman–Crippen LogP) is 2.53. The normalized spacial score (nSPS) is 19.0. The van der Waals surface area contributed by atoms with Gasteiger partial charge in [0.05, 0.1) is 18.7 Å². The van der Waals surface area contributed by atoms with E-state index in [-0.39, 0.29) is 30.2 Å². The number of thiazole rings is 1. The highest BCUT2D eigenvalue weighted by Gasteiger charge is 2.27. The van der Waals surface area contributed by atoms with Crippen molar-refractivity contribution in [1.29, 1.82) is 0 Å². The summed E-state index contributed by atoms with van der Waals surface area (Å²) in [7, 11) is 0. The highest BCUT2D eigenvalue weighted by Crippen LogP contribution is 2.29. The number of carbonyl (C=O) groups is 2. The van der Waals surface area contributed by atoms with Crippen molar-refractivity contribution >= 4 is 28.3 Å². The van der Waals surface area contributed by atoms with Crippen molar-refractivity contribution in [1.82, 2.24) is 9.88 Å². The van der Waals surface area contributed by atoms with E-state index in [9.17, 15) is 14.0 Å². The maximum atomic E-state index is 13.0. The molecule has 1 unspecified atom stereocenters. The molecule has 2 aliphatic rings. The Kier molecular flexibility index (Phi) is 5.18. The second kappa shape index (κ2) is 7.74. The standard InChI is InChI=1S/C19H20FN3O3S/c20-13-5-3-12(4-6-13)10-17(24)23-8-7-14-16(11-23)27-19(21-14)22-18(25)15-2-1-9-26-15/h3-6,15H,1-2,7-11H2,(H,21,22,25). The molecule has 1 aromatic heterocycles. The Labute approximate surface area is 160 Å². The van der Waals surface area contributed by atoms with E-state index in [0.29, 0.717) is 31.2 Å². The third kappa shape index (κ3) is 4.17. The second-order valence-electron chi connectivity index (χ2n) is 6.75. The van der Waals surface area contributed by atoms with Crippen LogP contribution >= 0.6 is 11.3 Å². The van der Waals surface area contributed by atoms with Crippen LogP contribution in [0, 0.1) is 5.82 Å². The molecule has 1 saturated heterocycles. The van der Waals surface area contributed by atoms with Gasteiger partial charge >= 0.3 is 0 Å². The molecule has 6 nitrogen and oxygen atoms in total. The van der Waals surface area contributed by atoms with E-state index in [1.165, 1.54) is 23.5 Å². The summed E-state index contributed by atoms with van der Waals surface area (Å²) in [6.45, 7) is 1.70. The maximum Gasteiger partial charge on any atom is 0.255 e. The van der Waals surface area contributed by atoms with Crippen LogP contribution in [0.15, 0.2) is 24.3 Å². The van der Waals surface area contributed by atoms with Gasteiger partial charge in [-0.2, -0.15) is 0 Å². The first-order chi connectivity index (χ1) is 13.1. The van der Waals surface area contributed by atoms with Gasteiger partial charge < -0.3 is 9.64 Å². The number of benzene rings is 1. The Morgan fingerprint density at radius 3 is 2.89 bits per heavy atom. The molecule has 2 aromatic rings. The average Bonchev–Trinajstić information content (AvgIpc) is 3.32. The number of ether oxygens (including phenoxy) is 1. The van der Waals surface area contributed by atoms with Crippen LogP contribution in [0.4, 0.5) is 9.52 Å². The summed E-state index contributed by atoms with van der Waals surface area (Å²) in [6.07, 6.45) is 2.16. The number of anilines is 1. The molecular weight excluding hydrogens is 369 g/mol. The number of hydrogen-bond donors (Lipinski definition) is 1. The Morgan fingerprint density at radius 2 is 2.15 bits per heavy atom. The van der Waals surface area contributed by atoms with Crippen molar-refractivity contribution in [2.24, 2.45) is 0 Å². The van der Waals surface area contributed by atoms with Crippen molar-refractivity contribution in [2.75, 3.05) is 18.5 Å². The van der Waals surface area contributed by atoms with E-state index < -0.39 is 0 Å². The number of nitrogens with one attached hydrogen (secondary N) is 1. The SMILES string of the molecule is O=C(Nc1nc2c(s1)CN(C(=O)Cc1ccc(F)cc1)CC2)C1CCCO1. The molecule has 142 valence electrons. The van der Waals surface area contributed by atoms with Gasteiger partial charge in [-0.3, -0.25) is 14.9 Å². The third-order valence-corrected chi connectivity index (χ3v) is 5.80. The van der Waals surface area contributed by atoms with Gasteiger partial charge in [-0.05, 0) is 30.5 Å². The van der Waals surface area contributed by atoms with Crippen molar-refractivity contribution in [3.8, 4) is 0 Å². The number of amides is 2. The fourth-order valence-corrected chi connectivity index (χ4v) is 4.35. The van der Waals surface area contributed by atoms with Crippen LogP contribution in [-0.4, -0.2) is 41.0 Å². The molecule has 1 fully saturated rings. The zero-order chi connectivity index (χ0) is 18.8. The molecule has 1 N–H and O–H groups in total. The Balaban J connectivity index is 1.37. The van der Waals surface area contributed by atoms with Gasteiger partial charge in [0.25, 0.3) is 5.91 Å². The largest absolute Gasteiger partial charge is 0.368 e. The lowest BCUT2D eigenvalue weighted by Gasteiger charge is -2.26. The van der Waals surface area contributed by atoms with Crippen molar-refractivity contribution < 1.29 is 18.7 Å². The summed E-state index contributed by atoms with van der Waals surface area (Å²) >= 11 is 1.41. The van der Waals surface area contributed by atoms with E-state index in [0.717, 1.165) is 29.0 Å². The molecule has 2 amide bonds. The van der Waals surface area contributed by atoms with Crippen LogP contribution in [0.1, 0.15) is 29.0 Å². The first-order valence-electron chi connectivity index (χ1n) is 9.02. The van der Waals surface area contributed by atoms with Crippen LogP contribution in [0.5, 0.6) is 0 Å². The van der Waals surface area contributed by atoms with E-state index in [1.807, 2.05) is 0 Å². The van der Waals surface area contributed by atoms with Gasteiger partial charge in [-0.15, -0.1) is 0 Å². The highest BCUT2D eigenvalue weighted by atomic mass is 32.1. The molecule has 1 aromatic carbocycles. The van der Waals surface area contributed by atoms with Crippen LogP contribution in [0.3, 0.4) is 0 Å². The van der Waals surface area contributed by atoms with E-state index in [2.05, 4.69) is 10.3 Å². The number of fused-ring (bicyclic) bond motifs is 1. The van der Waals surface area contributed by atoms with Gasteiger partial charge in [-0.1, -0.05) is 23.5 Å². The molecule has 0 saturated carbocycles. The zero-order valence-electron chi connectivity index (χ0n) is 14.7. The Hall–Kier alpha value is -2.32. The molecular formula is C19H20FN3O3S. The molecule has 3 heterocycles. The molecule has 8 heteroatoms. The number of rotatable bonds is 4.